The van der Waals surface area contributed by atoms with E-state index in [1.165, 1.54) is 24.5 Å². The number of benzene rings is 1. The molecule has 1 heterocycles. The van der Waals surface area contributed by atoms with Crippen LogP contribution in [-0.2, 0) is 4.79 Å². The average molecular weight is 318 g/mol. The summed E-state index contributed by atoms with van der Waals surface area (Å²) in [6.07, 6.45) is 0.584. The minimum Gasteiger partial charge on any atom is -0.479 e. The van der Waals surface area contributed by atoms with Gasteiger partial charge in [0.15, 0.2) is 6.10 Å². The molecule has 1 amide bonds. The van der Waals surface area contributed by atoms with Crippen LogP contribution >= 0.6 is 11.3 Å². The highest BCUT2D eigenvalue weighted by Gasteiger charge is 2.11. The van der Waals surface area contributed by atoms with Gasteiger partial charge < -0.3 is 9.84 Å². The summed E-state index contributed by atoms with van der Waals surface area (Å²) in [7, 11) is 0. The first kappa shape index (κ1) is 15.7. The van der Waals surface area contributed by atoms with Gasteiger partial charge in [0.05, 0.1) is 11.1 Å². The number of thiophene rings is 1. The van der Waals surface area contributed by atoms with Crippen LogP contribution in [0.15, 0.2) is 46.9 Å². The summed E-state index contributed by atoms with van der Waals surface area (Å²) in [4.78, 5) is 22.9. The topological polar surface area (TPSA) is 88.0 Å². The van der Waals surface area contributed by atoms with E-state index in [0.29, 0.717) is 10.6 Å². The number of hydrazone groups is 1. The number of rotatable bonds is 6. The first-order valence-electron chi connectivity index (χ1n) is 6.42. The van der Waals surface area contributed by atoms with Crippen molar-refractivity contribution in [3.05, 3.63) is 52.2 Å². The van der Waals surface area contributed by atoms with Crippen molar-refractivity contribution in [3.8, 4) is 5.75 Å². The third kappa shape index (κ3) is 4.42. The third-order valence-corrected chi connectivity index (χ3v) is 3.53. The maximum Gasteiger partial charge on any atom is 0.344 e. The molecular weight excluding hydrogens is 304 g/mol. The van der Waals surface area contributed by atoms with Gasteiger partial charge in [0.2, 0.25) is 0 Å². The van der Waals surface area contributed by atoms with Gasteiger partial charge in [-0.25, -0.2) is 10.2 Å². The molecule has 0 aliphatic carbocycles. The molecule has 7 heteroatoms. The van der Waals surface area contributed by atoms with Crippen LogP contribution in [-0.4, -0.2) is 29.3 Å². The first-order chi connectivity index (χ1) is 10.6. The van der Waals surface area contributed by atoms with Crippen molar-refractivity contribution in [2.45, 2.75) is 13.0 Å². The minimum absolute atomic E-state index is 0.263. The molecule has 2 aromatic rings. The maximum atomic E-state index is 11.6. The summed E-state index contributed by atoms with van der Waals surface area (Å²) in [5.74, 6) is -0.835. The lowest BCUT2D eigenvalue weighted by molar-refractivity contribution is -0.144. The summed E-state index contributed by atoms with van der Waals surface area (Å²) in [5.41, 5.74) is 3.18. The number of carbonyl (C=O) groups excluding carboxylic acids is 1. The number of ether oxygens (including phenoxy) is 1. The van der Waals surface area contributed by atoms with Crippen LogP contribution in [0.4, 0.5) is 0 Å². The summed E-state index contributed by atoms with van der Waals surface area (Å²) < 4.78 is 5.21. The molecular formula is C15H14N2O4S. The lowest BCUT2D eigenvalue weighted by atomic mass is 10.2. The van der Waals surface area contributed by atoms with Crippen LogP contribution in [0.25, 0.3) is 0 Å². The SMILES string of the molecule is CC(Oc1ccc(C=NNC(=O)c2cccs2)cc1)C(=O)O. The second-order valence-corrected chi connectivity index (χ2v) is 5.29. The number of carbonyl (C=O) groups is 2. The van der Waals surface area contributed by atoms with Crippen LogP contribution in [0.2, 0.25) is 0 Å². The molecule has 0 saturated carbocycles. The first-order valence-corrected chi connectivity index (χ1v) is 7.30. The van der Waals surface area contributed by atoms with Gasteiger partial charge in [-0.1, -0.05) is 6.07 Å². The molecule has 0 bridgehead atoms. The Kier molecular flexibility index (Phi) is 5.26. The van der Waals surface area contributed by atoms with Crippen molar-refractivity contribution < 1.29 is 19.4 Å². The predicted octanol–water partition coefficient (Wildman–Crippen LogP) is 2.36. The van der Waals surface area contributed by atoms with Gasteiger partial charge in [-0.05, 0) is 48.2 Å². The van der Waals surface area contributed by atoms with E-state index in [4.69, 9.17) is 9.84 Å². The Labute approximate surface area is 131 Å². The number of carboxylic acid groups (broad SMARTS) is 1. The summed E-state index contributed by atoms with van der Waals surface area (Å²) in [6.45, 7) is 1.46. The van der Waals surface area contributed by atoms with E-state index in [-0.39, 0.29) is 5.91 Å². The summed E-state index contributed by atoms with van der Waals surface area (Å²) in [6, 6.07) is 10.2. The Bertz CT molecular complexity index is 665. The monoisotopic (exact) mass is 318 g/mol. The van der Waals surface area contributed by atoms with Gasteiger partial charge in [0.25, 0.3) is 5.91 Å². The van der Waals surface area contributed by atoms with Crippen molar-refractivity contribution in [3.63, 3.8) is 0 Å². The fourth-order valence-corrected chi connectivity index (χ4v) is 2.13. The zero-order valence-electron chi connectivity index (χ0n) is 11.7. The molecule has 114 valence electrons. The molecule has 2 rings (SSSR count). The van der Waals surface area contributed by atoms with Gasteiger partial charge in [0.1, 0.15) is 5.75 Å². The van der Waals surface area contributed by atoms with Crippen LogP contribution in [0.5, 0.6) is 5.75 Å². The molecule has 1 aromatic carbocycles. The Morgan fingerprint density at radius 1 is 1.32 bits per heavy atom. The lowest BCUT2D eigenvalue weighted by Gasteiger charge is -2.09. The fraction of sp³-hybridized carbons (Fsp3) is 0.133. The normalized spacial score (nSPS) is 12.0. The van der Waals surface area contributed by atoms with Crippen molar-refractivity contribution in [1.82, 2.24) is 5.43 Å². The summed E-state index contributed by atoms with van der Waals surface area (Å²) in [5, 5.41) is 14.4. The highest BCUT2D eigenvalue weighted by atomic mass is 32.1. The number of aliphatic carboxylic acids is 1. The maximum absolute atomic E-state index is 11.6. The second kappa shape index (κ2) is 7.37. The number of hydrogen-bond acceptors (Lipinski definition) is 5. The van der Waals surface area contributed by atoms with E-state index in [1.54, 1.807) is 36.4 Å². The van der Waals surface area contributed by atoms with E-state index in [0.717, 1.165) is 5.56 Å². The van der Waals surface area contributed by atoms with Crippen LogP contribution in [0, 0.1) is 0 Å². The summed E-state index contributed by atoms with van der Waals surface area (Å²) >= 11 is 1.34. The number of nitrogens with one attached hydrogen (secondary N) is 1. The molecule has 1 atom stereocenters. The molecule has 1 aromatic heterocycles. The second-order valence-electron chi connectivity index (χ2n) is 4.34. The van der Waals surface area contributed by atoms with E-state index in [9.17, 15) is 9.59 Å². The molecule has 22 heavy (non-hydrogen) atoms. The quantitative estimate of drug-likeness (QED) is 0.632. The van der Waals surface area contributed by atoms with Crippen molar-refractivity contribution in [1.29, 1.82) is 0 Å². The molecule has 0 spiro atoms. The molecule has 0 aliphatic heterocycles. The average Bonchev–Trinajstić information content (AvgIpc) is 3.03. The Morgan fingerprint density at radius 3 is 2.64 bits per heavy atom. The highest BCUT2D eigenvalue weighted by molar-refractivity contribution is 7.12. The Hall–Kier alpha value is -2.67. The number of nitrogens with zero attached hydrogens (tertiary/aromatic N) is 1. The van der Waals surface area contributed by atoms with E-state index >= 15 is 0 Å². The standard InChI is InChI=1S/C15H14N2O4S/c1-10(15(19)20)21-12-6-4-11(5-7-12)9-16-17-14(18)13-3-2-8-22-13/h2-10H,1H3,(H,17,18)(H,19,20). The fourth-order valence-electron chi connectivity index (χ4n) is 1.52. The van der Waals surface area contributed by atoms with Crippen LogP contribution in [0.1, 0.15) is 22.2 Å². The van der Waals surface area contributed by atoms with Gasteiger partial charge in [-0.2, -0.15) is 5.10 Å². The molecule has 0 aliphatic rings. The minimum atomic E-state index is -1.03. The van der Waals surface area contributed by atoms with Gasteiger partial charge in [-0.15, -0.1) is 11.3 Å². The van der Waals surface area contributed by atoms with E-state index in [2.05, 4.69) is 10.5 Å². The van der Waals surface area contributed by atoms with Crippen LogP contribution < -0.4 is 10.2 Å². The van der Waals surface area contributed by atoms with E-state index in [1.807, 2.05) is 5.38 Å². The zero-order chi connectivity index (χ0) is 15.9. The van der Waals surface area contributed by atoms with Crippen molar-refractivity contribution in [2.75, 3.05) is 0 Å². The largest absolute Gasteiger partial charge is 0.479 e. The lowest BCUT2D eigenvalue weighted by Crippen LogP contribution is -2.22. The molecule has 2 N–H and O–H groups in total. The number of carboxylic acids is 1. The third-order valence-electron chi connectivity index (χ3n) is 2.67. The number of amides is 1. The van der Waals surface area contributed by atoms with Crippen LogP contribution in [0.3, 0.4) is 0 Å². The molecule has 0 saturated heterocycles. The van der Waals surface area contributed by atoms with Crippen molar-refractivity contribution >= 4 is 29.4 Å². The predicted molar refractivity (Wildman–Crippen MR) is 83.5 cm³/mol. The van der Waals surface area contributed by atoms with Gasteiger partial charge >= 0.3 is 5.97 Å². The smallest absolute Gasteiger partial charge is 0.344 e. The molecule has 6 nitrogen and oxygen atoms in total. The molecule has 0 fully saturated rings. The van der Waals surface area contributed by atoms with E-state index < -0.39 is 12.1 Å². The Balaban J connectivity index is 1.89. The van der Waals surface area contributed by atoms with Gasteiger partial charge in [0, 0.05) is 0 Å². The Morgan fingerprint density at radius 2 is 2.05 bits per heavy atom. The molecule has 0 radical (unpaired) electrons. The highest BCUT2D eigenvalue weighted by Crippen LogP contribution is 2.13. The number of hydrogen-bond donors (Lipinski definition) is 2. The van der Waals surface area contributed by atoms with Crippen molar-refractivity contribution in [2.24, 2.45) is 5.10 Å². The van der Waals surface area contributed by atoms with Gasteiger partial charge in [-0.3, -0.25) is 4.79 Å². The zero-order valence-corrected chi connectivity index (χ0v) is 12.5. The molecule has 1 unspecified atom stereocenters.